The second-order valence-corrected chi connectivity index (χ2v) is 7.15. The van der Waals surface area contributed by atoms with Gasteiger partial charge in [-0.2, -0.15) is 0 Å². The minimum absolute atomic E-state index is 0.479. The summed E-state index contributed by atoms with van der Waals surface area (Å²) >= 11 is 5.07. The minimum atomic E-state index is 0.479. The molecule has 0 aliphatic carbocycles. The van der Waals surface area contributed by atoms with Crippen LogP contribution in [0.25, 0.3) is 0 Å². The van der Waals surface area contributed by atoms with E-state index in [0.717, 1.165) is 37.0 Å². The average Bonchev–Trinajstić information content (AvgIpc) is 2.41. The molecule has 2 nitrogen and oxygen atoms in total. The molecule has 0 saturated heterocycles. The van der Waals surface area contributed by atoms with Gasteiger partial charge < -0.3 is 5.73 Å². The fraction of sp³-hybridized carbons (Fsp3) is 0.611. The molecule has 1 aromatic rings. The van der Waals surface area contributed by atoms with Crippen LogP contribution in [0.15, 0.2) is 24.3 Å². The molecule has 0 amide bonds. The van der Waals surface area contributed by atoms with E-state index in [1.54, 1.807) is 0 Å². The maximum absolute atomic E-state index is 5.73. The van der Waals surface area contributed by atoms with Gasteiger partial charge in [-0.1, -0.05) is 58.1 Å². The first-order valence-corrected chi connectivity index (χ1v) is 8.40. The lowest BCUT2D eigenvalue weighted by atomic mass is 10.1. The van der Waals surface area contributed by atoms with E-state index in [0.29, 0.717) is 4.99 Å². The highest BCUT2D eigenvalue weighted by Gasteiger charge is 2.09. The van der Waals surface area contributed by atoms with E-state index >= 15 is 0 Å². The second-order valence-electron chi connectivity index (χ2n) is 6.71. The highest BCUT2D eigenvalue weighted by atomic mass is 32.1. The third kappa shape index (κ3) is 7.58. The molecule has 3 heteroatoms. The van der Waals surface area contributed by atoms with Gasteiger partial charge in [-0.3, -0.25) is 4.90 Å². The molecule has 0 radical (unpaired) electrons. The first kappa shape index (κ1) is 18.1. The number of rotatable bonds is 9. The van der Waals surface area contributed by atoms with Crippen molar-refractivity contribution in [1.29, 1.82) is 0 Å². The Morgan fingerprint density at radius 3 is 2.14 bits per heavy atom. The van der Waals surface area contributed by atoms with E-state index in [2.05, 4.69) is 44.7 Å². The molecular weight excluding hydrogens is 276 g/mol. The van der Waals surface area contributed by atoms with Gasteiger partial charge in [0.2, 0.25) is 0 Å². The van der Waals surface area contributed by atoms with Crippen LogP contribution in [-0.4, -0.2) is 23.0 Å². The molecule has 0 heterocycles. The fourth-order valence-corrected chi connectivity index (χ4v) is 2.36. The maximum atomic E-state index is 5.73. The molecule has 1 aromatic carbocycles. The van der Waals surface area contributed by atoms with Gasteiger partial charge in [-0.15, -0.1) is 0 Å². The number of nitrogens with zero attached hydrogens (tertiary/aromatic N) is 1. The minimum Gasteiger partial charge on any atom is -0.389 e. The molecule has 118 valence electrons. The van der Waals surface area contributed by atoms with Crippen LogP contribution in [0, 0.1) is 11.8 Å². The van der Waals surface area contributed by atoms with E-state index in [1.807, 2.05) is 12.1 Å². The first-order valence-electron chi connectivity index (χ1n) is 7.99. The largest absolute Gasteiger partial charge is 0.389 e. The highest BCUT2D eigenvalue weighted by molar-refractivity contribution is 7.80. The molecule has 0 aliphatic heterocycles. The van der Waals surface area contributed by atoms with Crippen LogP contribution in [0.5, 0.6) is 0 Å². The third-order valence-electron chi connectivity index (χ3n) is 3.66. The van der Waals surface area contributed by atoms with E-state index in [4.69, 9.17) is 18.0 Å². The van der Waals surface area contributed by atoms with Gasteiger partial charge in [0, 0.05) is 12.1 Å². The molecule has 2 N–H and O–H groups in total. The van der Waals surface area contributed by atoms with E-state index in [1.165, 1.54) is 18.4 Å². The standard InChI is InChI=1S/C18H30N2S/c1-14(2)8-10-20(11-9-15(3)4)13-16-6-5-7-17(12-16)18(19)21/h5-7,12,14-15H,8-11,13H2,1-4H3,(H2,19,21). The van der Waals surface area contributed by atoms with Crippen LogP contribution in [0.1, 0.15) is 51.7 Å². The Hall–Kier alpha value is -0.930. The average molecular weight is 307 g/mol. The maximum Gasteiger partial charge on any atom is 0.103 e. The van der Waals surface area contributed by atoms with Crippen LogP contribution < -0.4 is 5.73 Å². The normalized spacial score (nSPS) is 11.6. The lowest BCUT2D eigenvalue weighted by molar-refractivity contribution is 0.235. The van der Waals surface area contributed by atoms with Crippen molar-refractivity contribution in [1.82, 2.24) is 4.90 Å². The Morgan fingerprint density at radius 2 is 1.67 bits per heavy atom. The zero-order valence-electron chi connectivity index (χ0n) is 13.9. The lowest BCUT2D eigenvalue weighted by Gasteiger charge is -2.24. The zero-order valence-corrected chi connectivity index (χ0v) is 14.7. The summed E-state index contributed by atoms with van der Waals surface area (Å²) in [7, 11) is 0. The predicted octanol–water partition coefficient (Wildman–Crippen LogP) is 4.22. The summed E-state index contributed by atoms with van der Waals surface area (Å²) in [6.45, 7) is 12.4. The monoisotopic (exact) mass is 306 g/mol. The Morgan fingerprint density at radius 1 is 1.10 bits per heavy atom. The SMILES string of the molecule is CC(C)CCN(CCC(C)C)Cc1cccc(C(N)=S)c1. The van der Waals surface area contributed by atoms with E-state index in [-0.39, 0.29) is 0 Å². The Labute approximate surface area is 135 Å². The van der Waals surface area contributed by atoms with Crippen molar-refractivity contribution in [2.75, 3.05) is 13.1 Å². The third-order valence-corrected chi connectivity index (χ3v) is 3.90. The van der Waals surface area contributed by atoms with Crippen LogP contribution in [0.2, 0.25) is 0 Å². The zero-order chi connectivity index (χ0) is 15.8. The quantitative estimate of drug-likeness (QED) is 0.693. The van der Waals surface area contributed by atoms with Gasteiger partial charge in [-0.25, -0.2) is 0 Å². The molecule has 0 bridgehead atoms. The summed E-state index contributed by atoms with van der Waals surface area (Å²) in [5, 5.41) is 0. The summed E-state index contributed by atoms with van der Waals surface area (Å²) in [5.41, 5.74) is 7.99. The molecule has 0 spiro atoms. The van der Waals surface area contributed by atoms with Gasteiger partial charge in [0.05, 0.1) is 0 Å². The van der Waals surface area contributed by atoms with Crippen molar-refractivity contribution < 1.29 is 0 Å². The van der Waals surface area contributed by atoms with Gasteiger partial charge in [0.1, 0.15) is 4.99 Å². The van der Waals surface area contributed by atoms with Crippen molar-refractivity contribution in [3.63, 3.8) is 0 Å². The summed E-state index contributed by atoms with van der Waals surface area (Å²) in [6.07, 6.45) is 2.49. The van der Waals surface area contributed by atoms with Crippen LogP contribution in [0.4, 0.5) is 0 Å². The molecule has 0 saturated carbocycles. The number of nitrogens with two attached hydrogens (primary N) is 1. The summed E-state index contributed by atoms with van der Waals surface area (Å²) in [6, 6.07) is 8.32. The molecule has 0 unspecified atom stereocenters. The molecule has 21 heavy (non-hydrogen) atoms. The number of benzene rings is 1. The predicted molar refractivity (Wildman–Crippen MR) is 96.5 cm³/mol. The molecule has 1 rings (SSSR count). The Balaban J connectivity index is 2.69. The van der Waals surface area contributed by atoms with Crippen molar-refractivity contribution in [3.05, 3.63) is 35.4 Å². The number of hydrogen-bond donors (Lipinski definition) is 1. The number of hydrogen-bond acceptors (Lipinski definition) is 2. The Kier molecular flexibility index (Phi) is 7.91. The molecule has 0 atom stereocenters. The second kappa shape index (κ2) is 9.16. The number of thiocarbonyl (C=S) groups is 1. The molecule has 0 aromatic heterocycles. The van der Waals surface area contributed by atoms with Gasteiger partial charge in [-0.05, 0) is 49.4 Å². The highest BCUT2D eigenvalue weighted by Crippen LogP contribution is 2.12. The van der Waals surface area contributed by atoms with Crippen LogP contribution in [-0.2, 0) is 6.54 Å². The summed E-state index contributed by atoms with van der Waals surface area (Å²) in [4.78, 5) is 3.03. The van der Waals surface area contributed by atoms with Crippen LogP contribution in [0.3, 0.4) is 0 Å². The van der Waals surface area contributed by atoms with Gasteiger partial charge in [0.15, 0.2) is 0 Å². The molecular formula is C18H30N2S. The summed E-state index contributed by atoms with van der Waals surface area (Å²) < 4.78 is 0. The van der Waals surface area contributed by atoms with E-state index < -0.39 is 0 Å². The van der Waals surface area contributed by atoms with Crippen molar-refractivity contribution in [2.24, 2.45) is 17.6 Å². The first-order chi connectivity index (χ1) is 9.88. The van der Waals surface area contributed by atoms with Gasteiger partial charge in [0.25, 0.3) is 0 Å². The van der Waals surface area contributed by atoms with Crippen molar-refractivity contribution >= 4 is 17.2 Å². The topological polar surface area (TPSA) is 29.3 Å². The van der Waals surface area contributed by atoms with E-state index in [9.17, 15) is 0 Å². The Bertz CT molecular complexity index is 429. The summed E-state index contributed by atoms with van der Waals surface area (Å²) in [5.74, 6) is 1.49. The molecule has 0 aliphatic rings. The van der Waals surface area contributed by atoms with Crippen molar-refractivity contribution in [3.8, 4) is 0 Å². The fourth-order valence-electron chi connectivity index (χ4n) is 2.23. The van der Waals surface area contributed by atoms with Gasteiger partial charge >= 0.3 is 0 Å². The molecule has 0 fully saturated rings. The van der Waals surface area contributed by atoms with Crippen LogP contribution >= 0.6 is 12.2 Å². The van der Waals surface area contributed by atoms with Crippen molar-refractivity contribution in [2.45, 2.75) is 47.1 Å². The lowest BCUT2D eigenvalue weighted by Crippen LogP contribution is -2.27. The smallest absolute Gasteiger partial charge is 0.103 e.